The van der Waals surface area contributed by atoms with E-state index in [-0.39, 0.29) is 43.8 Å². The number of hydrogen-bond donors (Lipinski definition) is 6. The van der Waals surface area contributed by atoms with E-state index in [1.54, 1.807) is 24.3 Å². The van der Waals surface area contributed by atoms with Crippen molar-refractivity contribution in [3.8, 4) is 11.5 Å². The summed E-state index contributed by atoms with van der Waals surface area (Å²) < 4.78 is 0. The molecule has 0 unspecified atom stereocenters. The Morgan fingerprint density at radius 3 is 1.18 bits per heavy atom. The number of aromatic hydroxyl groups is 2. The molecule has 0 saturated heterocycles. The summed E-state index contributed by atoms with van der Waals surface area (Å²) in [4.78, 5) is 0. The Labute approximate surface area is 165 Å². The number of aliphatic hydroxyl groups excluding tert-OH is 4. The summed E-state index contributed by atoms with van der Waals surface area (Å²) in [7, 11) is 0. The zero-order chi connectivity index (χ0) is 21.1. The molecule has 0 heterocycles. The van der Waals surface area contributed by atoms with Crippen molar-refractivity contribution < 1.29 is 30.6 Å². The monoisotopic (exact) mass is 390 g/mol. The molecule has 0 fully saturated rings. The topological polar surface area (TPSA) is 121 Å². The van der Waals surface area contributed by atoms with Crippen LogP contribution in [-0.2, 0) is 31.8 Å². The fourth-order valence-electron chi connectivity index (χ4n) is 3.86. The van der Waals surface area contributed by atoms with Crippen molar-refractivity contribution in [2.45, 2.75) is 59.0 Å². The average Bonchev–Trinajstić information content (AvgIpc) is 2.67. The lowest BCUT2D eigenvalue weighted by Crippen LogP contribution is -2.27. The highest BCUT2D eigenvalue weighted by molar-refractivity contribution is 5.52. The number of hydrogen-bond acceptors (Lipinski definition) is 6. The van der Waals surface area contributed by atoms with Gasteiger partial charge in [0, 0.05) is 27.7 Å². The van der Waals surface area contributed by atoms with Crippen molar-refractivity contribution in [1.82, 2.24) is 0 Å². The van der Waals surface area contributed by atoms with Crippen LogP contribution in [0, 0.1) is 5.92 Å². The maximum atomic E-state index is 10.2. The highest BCUT2D eigenvalue weighted by Gasteiger charge is 2.32. The maximum absolute atomic E-state index is 10.2. The number of benzene rings is 2. The van der Waals surface area contributed by atoms with Gasteiger partial charge in [0.1, 0.15) is 11.5 Å². The Balaban J connectivity index is 2.79. The van der Waals surface area contributed by atoms with E-state index >= 15 is 0 Å². The van der Waals surface area contributed by atoms with Crippen LogP contribution in [0.2, 0.25) is 0 Å². The molecule has 6 heteroatoms. The first kappa shape index (κ1) is 22.2. The molecular formula is C22H30O6. The van der Waals surface area contributed by atoms with Gasteiger partial charge in [0.15, 0.2) is 0 Å². The van der Waals surface area contributed by atoms with Gasteiger partial charge >= 0.3 is 0 Å². The molecule has 0 saturated carbocycles. The Morgan fingerprint density at radius 1 is 0.679 bits per heavy atom. The van der Waals surface area contributed by atoms with Gasteiger partial charge in [-0.2, -0.15) is 0 Å². The molecule has 0 bridgehead atoms. The molecule has 2 aromatic rings. The summed E-state index contributed by atoms with van der Waals surface area (Å²) in [5, 5.41) is 59.0. The standard InChI is InChI=1S/C22H30O6/c1-13(2)8-22(3,18-4-14(9-23)20(27)15(5-18)10-24)19-6-16(11-25)21(28)17(7-19)12-26/h4-7,13,23-28H,8-12H2,1-3H3. The van der Waals surface area contributed by atoms with Crippen molar-refractivity contribution in [3.05, 3.63) is 57.6 Å². The maximum Gasteiger partial charge on any atom is 0.126 e. The lowest BCUT2D eigenvalue weighted by Gasteiger charge is -2.34. The second-order valence-electron chi connectivity index (χ2n) is 7.85. The molecule has 0 spiro atoms. The second-order valence-corrected chi connectivity index (χ2v) is 7.85. The first-order chi connectivity index (χ1) is 13.2. The van der Waals surface area contributed by atoms with Crippen LogP contribution in [0.5, 0.6) is 11.5 Å². The van der Waals surface area contributed by atoms with E-state index in [2.05, 4.69) is 13.8 Å². The minimum absolute atomic E-state index is 0.126. The lowest BCUT2D eigenvalue weighted by atomic mass is 9.69. The molecule has 2 aromatic carbocycles. The molecule has 6 N–H and O–H groups in total. The summed E-state index contributed by atoms with van der Waals surface area (Å²) in [5.41, 5.74) is 2.23. The van der Waals surface area contributed by atoms with Gasteiger partial charge < -0.3 is 30.6 Å². The van der Waals surface area contributed by atoms with E-state index in [1.807, 2.05) is 6.92 Å². The van der Waals surface area contributed by atoms with Gasteiger partial charge in [-0.1, -0.05) is 20.8 Å². The molecule has 0 aliphatic carbocycles. The largest absolute Gasteiger partial charge is 0.507 e. The zero-order valence-electron chi connectivity index (χ0n) is 16.6. The summed E-state index contributed by atoms with van der Waals surface area (Å²) in [6.07, 6.45) is 0.689. The minimum Gasteiger partial charge on any atom is -0.507 e. The van der Waals surface area contributed by atoms with Gasteiger partial charge in [0.2, 0.25) is 0 Å². The third-order valence-electron chi connectivity index (χ3n) is 5.31. The van der Waals surface area contributed by atoms with E-state index in [0.717, 1.165) is 11.1 Å². The summed E-state index contributed by atoms with van der Waals surface area (Å²) in [6, 6.07) is 6.84. The molecule has 2 rings (SSSR count). The summed E-state index contributed by atoms with van der Waals surface area (Å²) >= 11 is 0. The molecule has 154 valence electrons. The zero-order valence-corrected chi connectivity index (χ0v) is 16.6. The van der Waals surface area contributed by atoms with Crippen LogP contribution >= 0.6 is 0 Å². The molecular weight excluding hydrogens is 360 g/mol. The predicted molar refractivity (Wildman–Crippen MR) is 106 cm³/mol. The Hall–Kier alpha value is -2.12. The number of aliphatic hydroxyl groups is 4. The van der Waals surface area contributed by atoms with Gasteiger partial charge in [-0.25, -0.2) is 0 Å². The van der Waals surface area contributed by atoms with Crippen LogP contribution in [0.4, 0.5) is 0 Å². The van der Waals surface area contributed by atoms with E-state index in [4.69, 9.17) is 0 Å². The number of rotatable bonds is 8. The lowest BCUT2D eigenvalue weighted by molar-refractivity contribution is 0.262. The quantitative estimate of drug-likeness (QED) is 0.412. The van der Waals surface area contributed by atoms with E-state index < -0.39 is 5.41 Å². The Kier molecular flexibility index (Phi) is 7.06. The first-order valence-corrected chi connectivity index (χ1v) is 9.35. The van der Waals surface area contributed by atoms with Crippen LogP contribution in [0.15, 0.2) is 24.3 Å². The van der Waals surface area contributed by atoms with Gasteiger partial charge in [0.25, 0.3) is 0 Å². The van der Waals surface area contributed by atoms with Crippen LogP contribution in [-0.4, -0.2) is 30.6 Å². The molecule has 0 radical (unpaired) electrons. The third kappa shape index (κ3) is 4.15. The van der Waals surface area contributed by atoms with Gasteiger partial charge in [0.05, 0.1) is 26.4 Å². The van der Waals surface area contributed by atoms with E-state index in [0.29, 0.717) is 28.7 Å². The van der Waals surface area contributed by atoms with Gasteiger partial charge in [-0.3, -0.25) is 0 Å². The van der Waals surface area contributed by atoms with Crippen molar-refractivity contribution in [2.24, 2.45) is 5.92 Å². The van der Waals surface area contributed by atoms with Crippen molar-refractivity contribution in [2.75, 3.05) is 0 Å². The summed E-state index contributed by atoms with van der Waals surface area (Å²) in [5.74, 6) is 0.0230. The molecule has 0 aliphatic rings. The average molecular weight is 390 g/mol. The van der Waals surface area contributed by atoms with Crippen molar-refractivity contribution in [1.29, 1.82) is 0 Å². The fourth-order valence-corrected chi connectivity index (χ4v) is 3.86. The predicted octanol–water partition coefficient (Wildman–Crippen LogP) is 2.42. The minimum atomic E-state index is -0.614. The van der Waals surface area contributed by atoms with Crippen LogP contribution in [0.1, 0.15) is 60.6 Å². The van der Waals surface area contributed by atoms with Crippen molar-refractivity contribution in [3.63, 3.8) is 0 Å². The highest BCUT2D eigenvalue weighted by atomic mass is 16.3. The first-order valence-electron chi connectivity index (χ1n) is 9.35. The van der Waals surface area contributed by atoms with E-state index in [9.17, 15) is 30.6 Å². The summed E-state index contributed by atoms with van der Waals surface area (Å²) in [6.45, 7) is 4.65. The van der Waals surface area contributed by atoms with Gasteiger partial charge in [-0.15, -0.1) is 0 Å². The Bertz CT molecular complexity index is 716. The second kappa shape index (κ2) is 8.92. The molecule has 28 heavy (non-hydrogen) atoms. The van der Waals surface area contributed by atoms with Crippen LogP contribution in [0.3, 0.4) is 0 Å². The van der Waals surface area contributed by atoms with E-state index in [1.165, 1.54) is 0 Å². The SMILES string of the molecule is CC(C)CC(C)(c1cc(CO)c(O)c(CO)c1)c1cc(CO)c(O)c(CO)c1. The Morgan fingerprint density at radius 2 is 0.964 bits per heavy atom. The molecule has 0 aliphatic heterocycles. The molecule has 0 atom stereocenters. The fraction of sp³-hybridized carbons (Fsp3) is 0.455. The van der Waals surface area contributed by atoms with Crippen molar-refractivity contribution >= 4 is 0 Å². The molecule has 0 amide bonds. The number of phenols is 2. The van der Waals surface area contributed by atoms with Crippen LogP contribution < -0.4 is 0 Å². The normalized spacial score (nSPS) is 12.0. The van der Waals surface area contributed by atoms with Crippen LogP contribution in [0.25, 0.3) is 0 Å². The molecule has 6 nitrogen and oxygen atoms in total. The van der Waals surface area contributed by atoms with Gasteiger partial charge in [-0.05, 0) is 47.7 Å². The third-order valence-corrected chi connectivity index (χ3v) is 5.31. The smallest absolute Gasteiger partial charge is 0.126 e. The molecule has 0 aromatic heterocycles. The highest BCUT2D eigenvalue weighted by Crippen LogP contribution is 2.42.